The lowest BCUT2D eigenvalue weighted by Crippen LogP contribution is -2.39. The third-order valence-electron chi connectivity index (χ3n) is 4.20. The lowest BCUT2D eigenvalue weighted by atomic mass is 9.73. The van der Waals surface area contributed by atoms with Crippen LogP contribution in [0.5, 0.6) is 0 Å². The van der Waals surface area contributed by atoms with Crippen LogP contribution in [0.15, 0.2) is 23.8 Å². The van der Waals surface area contributed by atoms with E-state index in [1.54, 1.807) is 6.08 Å². The van der Waals surface area contributed by atoms with E-state index in [1.165, 1.54) is 18.4 Å². The first-order chi connectivity index (χ1) is 8.99. The van der Waals surface area contributed by atoms with E-state index >= 15 is 0 Å². The molecule has 2 aliphatic rings. The highest BCUT2D eigenvalue weighted by molar-refractivity contribution is 5.88. The van der Waals surface area contributed by atoms with Gasteiger partial charge in [-0.05, 0) is 29.7 Å². The Morgan fingerprint density at radius 2 is 2.11 bits per heavy atom. The minimum Gasteiger partial charge on any atom is -0.378 e. The fourth-order valence-corrected chi connectivity index (χ4v) is 2.68. The van der Waals surface area contributed by atoms with E-state index in [2.05, 4.69) is 26.8 Å². The Kier molecular flexibility index (Phi) is 4.46. The average molecular weight is 263 g/mol. The van der Waals surface area contributed by atoms with Gasteiger partial charge in [0.2, 0.25) is 5.91 Å². The summed E-state index contributed by atoms with van der Waals surface area (Å²) < 4.78 is 5.26. The van der Waals surface area contributed by atoms with Gasteiger partial charge in [-0.15, -0.1) is 0 Å². The summed E-state index contributed by atoms with van der Waals surface area (Å²) in [5.41, 5.74) is 1.49. The molecule has 106 valence electrons. The average Bonchev–Trinajstić information content (AvgIpc) is 2.40. The van der Waals surface area contributed by atoms with Crippen molar-refractivity contribution in [3.05, 3.63) is 23.8 Å². The van der Waals surface area contributed by atoms with Crippen LogP contribution in [0.4, 0.5) is 0 Å². The zero-order valence-corrected chi connectivity index (χ0v) is 12.3. The van der Waals surface area contributed by atoms with Crippen LogP contribution in [-0.2, 0) is 9.53 Å². The minimum atomic E-state index is 0.109. The minimum absolute atomic E-state index is 0.109. The van der Waals surface area contributed by atoms with Crippen LogP contribution in [0.25, 0.3) is 0 Å². The molecule has 1 heterocycles. The van der Waals surface area contributed by atoms with Crippen LogP contribution in [0.2, 0.25) is 0 Å². The zero-order valence-electron chi connectivity index (χ0n) is 12.3. The predicted octanol–water partition coefficient (Wildman–Crippen LogP) is 2.78. The van der Waals surface area contributed by atoms with Gasteiger partial charge < -0.3 is 9.64 Å². The Balaban J connectivity index is 2.02. The number of rotatable bonds is 2. The topological polar surface area (TPSA) is 29.5 Å². The summed E-state index contributed by atoms with van der Waals surface area (Å²) in [6.07, 6.45) is 8.49. The van der Waals surface area contributed by atoms with E-state index in [0.717, 1.165) is 0 Å². The van der Waals surface area contributed by atoms with E-state index in [0.29, 0.717) is 32.2 Å². The molecule has 3 heteroatoms. The van der Waals surface area contributed by atoms with Crippen LogP contribution >= 0.6 is 0 Å². The first kappa shape index (κ1) is 14.3. The number of morpholine rings is 1. The molecule has 0 radical (unpaired) electrons. The summed E-state index contributed by atoms with van der Waals surface area (Å²) in [5, 5.41) is 0. The molecule has 0 aromatic rings. The smallest absolute Gasteiger partial charge is 0.246 e. The van der Waals surface area contributed by atoms with Gasteiger partial charge in [0, 0.05) is 19.2 Å². The quantitative estimate of drug-likeness (QED) is 0.717. The fraction of sp³-hybridized carbons (Fsp3) is 0.688. The predicted molar refractivity (Wildman–Crippen MR) is 76.8 cm³/mol. The van der Waals surface area contributed by atoms with Gasteiger partial charge in [0.25, 0.3) is 0 Å². The Morgan fingerprint density at radius 1 is 1.42 bits per heavy atom. The van der Waals surface area contributed by atoms with Gasteiger partial charge in [-0.2, -0.15) is 0 Å². The molecule has 0 N–H and O–H groups in total. The SMILES string of the molecule is CC1C=C(C=CC(=O)N2CCOCC2)C(C)(C)CC1. The largest absolute Gasteiger partial charge is 0.378 e. The normalized spacial score (nSPS) is 27.4. The second-order valence-corrected chi connectivity index (χ2v) is 6.29. The Hall–Kier alpha value is -1.09. The molecule has 1 aliphatic carbocycles. The van der Waals surface area contributed by atoms with Gasteiger partial charge in [-0.3, -0.25) is 4.79 Å². The molecule has 1 saturated heterocycles. The van der Waals surface area contributed by atoms with Gasteiger partial charge in [-0.1, -0.05) is 32.9 Å². The summed E-state index contributed by atoms with van der Waals surface area (Å²) >= 11 is 0. The Morgan fingerprint density at radius 3 is 2.79 bits per heavy atom. The summed E-state index contributed by atoms with van der Waals surface area (Å²) in [6.45, 7) is 9.50. The lowest BCUT2D eigenvalue weighted by molar-refractivity contribution is -0.129. The number of nitrogens with zero attached hydrogens (tertiary/aromatic N) is 1. The summed E-state index contributed by atoms with van der Waals surface area (Å²) in [6, 6.07) is 0. The molecule has 1 aliphatic heterocycles. The molecule has 0 aromatic carbocycles. The molecular formula is C16H25NO2. The Bertz CT molecular complexity index is 390. The van der Waals surface area contributed by atoms with Crippen molar-refractivity contribution in [3.8, 4) is 0 Å². The van der Waals surface area contributed by atoms with E-state index < -0.39 is 0 Å². The maximum atomic E-state index is 12.1. The van der Waals surface area contributed by atoms with Crippen molar-refractivity contribution in [1.82, 2.24) is 4.90 Å². The summed E-state index contributed by atoms with van der Waals surface area (Å²) in [4.78, 5) is 14.0. The number of carbonyl (C=O) groups is 1. The number of hydrogen-bond acceptors (Lipinski definition) is 2. The number of hydrogen-bond donors (Lipinski definition) is 0. The van der Waals surface area contributed by atoms with Gasteiger partial charge in [0.05, 0.1) is 13.2 Å². The summed E-state index contributed by atoms with van der Waals surface area (Å²) in [7, 11) is 0. The standard InChI is InChI=1S/C16H25NO2/c1-13-6-7-16(2,3)14(12-13)4-5-15(18)17-8-10-19-11-9-17/h4-5,12-13H,6-11H2,1-3H3. The van der Waals surface area contributed by atoms with Gasteiger partial charge in [0.1, 0.15) is 0 Å². The van der Waals surface area contributed by atoms with E-state index in [1.807, 2.05) is 11.0 Å². The second kappa shape index (κ2) is 5.91. The monoisotopic (exact) mass is 263 g/mol. The van der Waals surface area contributed by atoms with Crippen molar-refractivity contribution in [1.29, 1.82) is 0 Å². The number of ether oxygens (including phenoxy) is 1. The van der Waals surface area contributed by atoms with E-state index in [9.17, 15) is 4.79 Å². The third-order valence-corrected chi connectivity index (χ3v) is 4.20. The molecule has 0 aromatic heterocycles. The Labute approximate surface area is 116 Å². The number of carbonyl (C=O) groups excluding carboxylic acids is 1. The maximum Gasteiger partial charge on any atom is 0.246 e. The highest BCUT2D eigenvalue weighted by atomic mass is 16.5. The number of allylic oxidation sites excluding steroid dienone is 3. The maximum absolute atomic E-state index is 12.1. The molecule has 1 unspecified atom stereocenters. The molecule has 2 rings (SSSR count). The fourth-order valence-electron chi connectivity index (χ4n) is 2.68. The van der Waals surface area contributed by atoms with Crippen LogP contribution in [0.3, 0.4) is 0 Å². The van der Waals surface area contributed by atoms with Crippen LogP contribution in [0.1, 0.15) is 33.6 Å². The molecule has 3 nitrogen and oxygen atoms in total. The first-order valence-corrected chi connectivity index (χ1v) is 7.26. The first-order valence-electron chi connectivity index (χ1n) is 7.26. The molecule has 1 amide bonds. The molecule has 0 bridgehead atoms. The van der Waals surface area contributed by atoms with Gasteiger partial charge in [-0.25, -0.2) is 0 Å². The van der Waals surface area contributed by atoms with Crippen LogP contribution in [-0.4, -0.2) is 37.1 Å². The second-order valence-electron chi connectivity index (χ2n) is 6.29. The van der Waals surface area contributed by atoms with Crippen molar-refractivity contribution < 1.29 is 9.53 Å². The summed E-state index contributed by atoms with van der Waals surface area (Å²) in [5.74, 6) is 0.726. The van der Waals surface area contributed by atoms with Crippen LogP contribution in [0, 0.1) is 11.3 Å². The van der Waals surface area contributed by atoms with Crippen LogP contribution < -0.4 is 0 Å². The molecule has 0 spiro atoms. The molecule has 19 heavy (non-hydrogen) atoms. The van der Waals surface area contributed by atoms with Crippen molar-refractivity contribution in [2.75, 3.05) is 26.3 Å². The van der Waals surface area contributed by atoms with Crippen molar-refractivity contribution in [3.63, 3.8) is 0 Å². The zero-order chi connectivity index (χ0) is 13.9. The van der Waals surface area contributed by atoms with Gasteiger partial charge >= 0.3 is 0 Å². The third kappa shape index (κ3) is 3.69. The van der Waals surface area contributed by atoms with Crippen molar-refractivity contribution in [2.24, 2.45) is 11.3 Å². The van der Waals surface area contributed by atoms with Crippen molar-refractivity contribution in [2.45, 2.75) is 33.6 Å². The molecule has 1 fully saturated rings. The molecule has 1 atom stereocenters. The van der Waals surface area contributed by atoms with Gasteiger partial charge in [0.15, 0.2) is 0 Å². The van der Waals surface area contributed by atoms with E-state index in [4.69, 9.17) is 4.74 Å². The van der Waals surface area contributed by atoms with E-state index in [-0.39, 0.29) is 11.3 Å². The molecular weight excluding hydrogens is 238 g/mol. The molecule has 0 saturated carbocycles. The highest BCUT2D eigenvalue weighted by Crippen LogP contribution is 2.39. The van der Waals surface area contributed by atoms with Crippen molar-refractivity contribution >= 4 is 5.91 Å². The number of amides is 1. The highest BCUT2D eigenvalue weighted by Gasteiger charge is 2.26. The lowest BCUT2D eigenvalue weighted by Gasteiger charge is -2.33.